The molecule has 1 fully saturated rings. The fraction of sp³-hybridized carbons (Fsp3) is 0.409. The van der Waals surface area contributed by atoms with Gasteiger partial charge >= 0.3 is 0 Å². The molecule has 5 rings (SSSR count). The highest BCUT2D eigenvalue weighted by Gasteiger charge is 2.27. The second-order valence-electron chi connectivity index (χ2n) is 8.03. The Morgan fingerprint density at radius 1 is 1.06 bits per heavy atom. The minimum absolute atomic E-state index is 0.154. The third-order valence-corrected chi connectivity index (χ3v) is 5.93. The van der Waals surface area contributed by atoms with E-state index in [9.17, 15) is 0 Å². The summed E-state index contributed by atoms with van der Waals surface area (Å²) in [6.45, 7) is 1.93. The van der Waals surface area contributed by atoms with E-state index in [4.69, 9.17) is 9.84 Å². The first-order valence-corrected chi connectivity index (χ1v) is 10.6. The van der Waals surface area contributed by atoms with Crippen LogP contribution in [0.3, 0.4) is 0 Å². The predicted octanol–water partition coefficient (Wildman–Crippen LogP) is 3.53. The minimum Gasteiger partial charge on any atom is -0.473 e. The molecule has 9 nitrogen and oxygen atoms in total. The summed E-state index contributed by atoms with van der Waals surface area (Å²) < 4.78 is 10.1. The molecule has 0 bridgehead atoms. The number of rotatable bonds is 5. The quantitative estimate of drug-likeness (QED) is 0.530. The fourth-order valence-corrected chi connectivity index (χ4v) is 4.28. The molecule has 4 aromatic rings. The first-order chi connectivity index (χ1) is 15.1. The molecule has 0 unspecified atom stereocenters. The maximum Gasteiger partial charge on any atom is 0.235 e. The van der Waals surface area contributed by atoms with E-state index in [-0.39, 0.29) is 6.10 Å². The lowest BCUT2D eigenvalue weighted by molar-refractivity contribution is 0.124. The molecule has 9 heteroatoms. The Morgan fingerprint density at radius 3 is 2.58 bits per heavy atom. The number of fused-ring (bicyclic) bond motifs is 1. The molecule has 0 aliphatic heterocycles. The van der Waals surface area contributed by atoms with E-state index in [1.54, 1.807) is 17.1 Å². The lowest BCUT2D eigenvalue weighted by Gasteiger charge is -2.29. The highest BCUT2D eigenvalue weighted by Crippen LogP contribution is 2.36. The normalized spacial score (nSPS) is 18.9. The van der Waals surface area contributed by atoms with Crippen LogP contribution in [-0.4, -0.2) is 47.7 Å². The van der Waals surface area contributed by atoms with Gasteiger partial charge in [0.25, 0.3) is 0 Å². The van der Waals surface area contributed by atoms with Gasteiger partial charge in [0.05, 0.1) is 23.4 Å². The second kappa shape index (κ2) is 7.98. The molecule has 1 saturated carbocycles. The highest BCUT2D eigenvalue weighted by molar-refractivity contribution is 5.93. The third-order valence-electron chi connectivity index (χ3n) is 5.93. The number of anilines is 1. The van der Waals surface area contributed by atoms with Crippen LogP contribution in [-0.2, 0) is 7.05 Å². The van der Waals surface area contributed by atoms with Crippen LogP contribution in [0.2, 0.25) is 0 Å². The van der Waals surface area contributed by atoms with Crippen LogP contribution >= 0.6 is 0 Å². The Labute approximate surface area is 180 Å². The van der Waals surface area contributed by atoms with E-state index >= 15 is 0 Å². The maximum absolute atomic E-state index is 6.14. The monoisotopic (exact) mass is 418 g/mol. The van der Waals surface area contributed by atoms with Gasteiger partial charge < -0.3 is 10.1 Å². The first-order valence-electron chi connectivity index (χ1n) is 10.6. The molecule has 31 heavy (non-hydrogen) atoms. The van der Waals surface area contributed by atoms with Crippen LogP contribution in [0.1, 0.15) is 37.4 Å². The molecular formula is C22H26N8O. The summed E-state index contributed by atoms with van der Waals surface area (Å²) in [7, 11) is 3.80. The van der Waals surface area contributed by atoms with Crippen LogP contribution in [0.15, 0.2) is 37.1 Å². The molecule has 0 saturated heterocycles. The molecule has 1 N–H and O–H groups in total. The molecule has 0 spiro atoms. The third kappa shape index (κ3) is 3.71. The summed E-state index contributed by atoms with van der Waals surface area (Å²) in [6.07, 6.45) is 13.2. The van der Waals surface area contributed by atoms with Crippen LogP contribution in [0.5, 0.6) is 5.88 Å². The average molecular weight is 419 g/mol. The summed E-state index contributed by atoms with van der Waals surface area (Å²) in [5.41, 5.74) is 3.84. The Kier molecular flexibility index (Phi) is 5.01. The predicted molar refractivity (Wildman–Crippen MR) is 118 cm³/mol. The molecule has 0 amide bonds. The van der Waals surface area contributed by atoms with E-state index in [1.165, 1.54) is 0 Å². The van der Waals surface area contributed by atoms with Crippen molar-refractivity contribution in [2.45, 2.75) is 44.8 Å². The van der Waals surface area contributed by atoms with E-state index in [1.807, 2.05) is 39.6 Å². The molecule has 4 heterocycles. The molecule has 1 aliphatic rings. The average Bonchev–Trinajstić information content (AvgIpc) is 3.39. The van der Waals surface area contributed by atoms with Crippen molar-refractivity contribution in [3.05, 3.63) is 42.7 Å². The highest BCUT2D eigenvalue weighted by atomic mass is 16.5. The number of hydrogen-bond donors (Lipinski definition) is 1. The van der Waals surface area contributed by atoms with Gasteiger partial charge in [-0.1, -0.05) is 0 Å². The van der Waals surface area contributed by atoms with Gasteiger partial charge in [-0.25, -0.2) is 9.97 Å². The van der Waals surface area contributed by atoms with Gasteiger partial charge in [-0.3, -0.25) is 14.3 Å². The number of pyridine rings is 1. The number of hydrogen-bond acceptors (Lipinski definition) is 7. The zero-order chi connectivity index (χ0) is 21.4. The van der Waals surface area contributed by atoms with Gasteiger partial charge in [0.2, 0.25) is 5.88 Å². The second-order valence-corrected chi connectivity index (χ2v) is 8.03. The van der Waals surface area contributed by atoms with E-state index in [0.29, 0.717) is 11.9 Å². The molecule has 0 atom stereocenters. The van der Waals surface area contributed by atoms with Crippen molar-refractivity contribution in [2.24, 2.45) is 7.05 Å². The van der Waals surface area contributed by atoms with Crippen molar-refractivity contribution < 1.29 is 4.74 Å². The van der Waals surface area contributed by atoms with Gasteiger partial charge in [0.15, 0.2) is 0 Å². The van der Waals surface area contributed by atoms with Crippen LogP contribution in [0.25, 0.3) is 22.2 Å². The summed E-state index contributed by atoms with van der Waals surface area (Å²) in [4.78, 5) is 13.1. The zero-order valence-corrected chi connectivity index (χ0v) is 18.0. The van der Waals surface area contributed by atoms with Crippen molar-refractivity contribution in [1.29, 1.82) is 0 Å². The van der Waals surface area contributed by atoms with Gasteiger partial charge in [0, 0.05) is 55.9 Å². The van der Waals surface area contributed by atoms with Crippen molar-refractivity contribution in [3.63, 3.8) is 0 Å². The Bertz CT molecular complexity index is 1210. The van der Waals surface area contributed by atoms with Crippen LogP contribution in [0.4, 0.5) is 5.82 Å². The van der Waals surface area contributed by atoms with Crippen molar-refractivity contribution in [1.82, 2.24) is 34.5 Å². The minimum atomic E-state index is 0.154. The van der Waals surface area contributed by atoms with E-state index in [0.717, 1.165) is 59.4 Å². The number of nitrogens with zero attached hydrogens (tertiary/aromatic N) is 7. The smallest absolute Gasteiger partial charge is 0.235 e. The molecule has 0 radical (unpaired) electrons. The fourth-order valence-electron chi connectivity index (χ4n) is 4.28. The van der Waals surface area contributed by atoms with Crippen LogP contribution < -0.4 is 10.1 Å². The van der Waals surface area contributed by atoms with Crippen molar-refractivity contribution >= 4 is 16.7 Å². The van der Waals surface area contributed by atoms with Crippen LogP contribution in [0, 0.1) is 6.92 Å². The lowest BCUT2D eigenvalue weighted by atomic mass is 9.93. The Balaban J connectivity index is 1.42. The molecule has 0 aromatic carbocycles. The SMILES string of the molecule is CNc1cc2c(cn1)c(-c1cnn(C)c1)nn2[C@H]1CC[C@@H](Oc2nccnc2C)CC1. The lowest BCUT2D eigenvalue weighted by Crippen LogP contribution is -2.26. The Hall–Kier alpha value is -3.49. The topological polar surface area (TPSA) is 95.6 Å². The molecule has 1 aliphatic carbocycles. The van der Waals surface area contributed by atoms with Gasteiger partial charge in [0.1, 0.15) is 17.6 Å². The standard InChI is InChI=1S/C22H26N8O/c1-14-22(25-9-8-24-14)31-17-6-4-16(5-7-17)30-19-10-20(23-2)26-12-18(19)21(28-30)15-11-27-29(3)13-15/h8-13,16-17H,4-7H2,1-3H3,(H,23,26)/t16-,17+. The van der Waals surface area contributed by atoms with E-state index in [2.05, 4.69) is 36.1 Å². The van der Waals surface area contributed by atoms with Gasteiger partial charge in [-0.15, -0.1) is 0 Å². The summed E-state index contributed by atoms with van der Waals surface area (Å²) in [5, 5.41) is 13.5. The zero-order valence-electron chi connectivity index (χ0n) is 18.0. The summed E-state index contributed by atoms with van der Waals surface area (Å²) in [5.74, 6) is 1.47. The Morgan fingerprint density at radius 2 is 1.87 bits per heavy atom. The molecule has 4 aromatic heterocycles. The summed E-state index contributed by atoms with van der Waals surface area (Å²) in [6, 6.07) is 2.39. The maximum atomic E-state index is 6.14. The first kappa shape index (κ1) is 19.5. The molecular weight excluding hydrogens is 392 g/mol. The number of aryl methyl sites for hydroxylation is 2. The number of ether oxygens (including phenoxy) is 1. The summed E-state index contributed by atoms with van der Waals surface area (Å²) >= 11 is 0. The largest absolute Gasteiger partial charge is 0.473 e. The van der Waals surface area contributed by atoms with Crippen molar-refractivity contribution in [3.8, 4) is 17.1 Å². The molecule has 160 valence electrons. The number of aromatic nitrogens is 7. The van der Waals surface area contributed by atoms with E-state index < -0.39 is 0 Å². The van der Waals surface area contributed by atoms with Crippen molar-refractivity contribution in [2.75, 3.05) is 12.4 Å². The number of nitrogens with one attached hydrogen (secondary N) is 1. The van der Waals surface area contributed by atoms with Gasteiger partial charge in [-0.2, -0.15) is 10.2 Å². The van der Waals surface area contributed by atoms with Gasteiger partial charge in [-0.05, 0) is 32.6 Å².